The fourth-order valence-electron chi connectivity index (χ4n) is 1.72. The van der Waals surface area contributed by atoms with Crippen LogP contribution in [0.4, 0.5) is 8.78 Å². The Morgan fingerprint density at radius 1 is 1.27 bits per heavy atom. The van der Waals surface area contributed by atoms with Gasteiger partial charge in [0, 0.05) is 29.6 Å². The lowest BCUT2D eigenvalue weighted by Gasteiger charge is -2.09. The first kappa shape index (κ1) is 10.1. The van der Waals surface area contributed by atoms with E-state index in [4.69, 9.17) is 5.73 Å². The third-order valence-corrected chi connectivity index (χ3v) is 2.45. The number of aromatic nitrogens is 1. The van der Waals surface area contributed by atoms with Crippen molar-refractivity contribution in [2.24, 2.45) is 5.73 Å². The van der Waals surface area contributed by atoms with Gasteiger partial charge in [-0.2, -0.15) is 0 Å². The van der Waals surface area contributed by atoms with E-state index in [-0.39, 0.29) is 6.42 Å². The van der Waals surface area contributed by atoms with Crippen molar-refractivity contribution in [1.29, 1.82) is 0 Å². The Balaban J connectivity index is 2.35. The van der Waals surface area contributed by atoms with E-state index in [0.717, 1.165) is 16.5 Å². The summed E-state index contributed by atoms with van der Waals surface area (Å²) < 4.78 is 24.4. The van der Waals surface area contributed by atoms with Crippen molar-refractivity contribution in [1.82, 2.24) is 4.98 Å². The maximum Gasteiger partial charge on any atom is 0.240 e. The number of nitrogens with two attached hydrogens (primary N) is 1. The highest BCUT2D eigenvalue weighted by Crippen LogP contribution is 2.25. The molecule has 80 valence electrons. The van der Waals surface area contributed by atoms with E-state index in [9.17, 15) is 8.78 Å². The standard InChI is InChI=1S/C11H12F2N2/c12-11(13)5-9(14)8-6-15-10-4-2-1-3-7(8)10/h1-4,6,9,11,15H,5,14H2/t9-/m1/s1. The highest BCUT2D eigenvalue weighted by atomic mass is 19.3. The number of nitrogens with one attached hydrogen (secondary N) is 1. The summed E-state index contributed by atoms with van der Waals surface area (Å²) in [7, 11) is 0. The molecule has 2 aromatic rings. The van der Waals surface area contributed by atoms with Crippen LogP contribution < -0.4 is 5.73 Å². The molecule has 0 aliphatic carbocycles. The van der Waals surface area contributed by atoms with Crippen molar-refractivity contribution in [2.75, 3.05) is 0 Å². The second-order valence-corrected chi connectivity index (χ2v) is 3.52. The van der Waals surface area contributed by atoms with Crippen LogP contribution in [0, 0.1) is 0 Å². The highest BCUT2D eigenvalue weighted by molar-refractivity contribution is 5.83. The first-order valence-corrected chi connectivity index (χ1v) is 4.78. The summed E-state index contributed by atoms with van der Waals surface area (Å²) in [6.07, 6.45) is -0.965. The van der Waals surface area contributed by atoms with Crippen LogP contribution >= 0.6 is 0 Å². The molecule has 1 aromatic heterocycles. The Kier molecular flexibility index (Phi) is 2.68. The number of hydrogen-bond donors (Lipinski definition) is 2. The van der Waals surface area contributed by atoms with Gasteiger partial charge >= 0.3 is 0 Å². The zero-order valence-corrected chi connectivity index (χ0v) is 8.08. The molecular weight excluding hydrogens is 198 g/mol. The van der Waals surface area contributed by atoms with Crippen molar-refractivity contribution in [3.8, 4) is 0 Å². The minimum absolute atomic E-state index is 0.304. The summed E-state index contributed by atoms with van der Waals surface area (Å²) in [6.45, 7) is 0. The fourth-order valence-corrected chi connectivity index (χ4v) is 1.72. The van der Waals surface area contributed by atoms with Gasteiger partial charge in [-0.25, -0.2) is 8.78 Å². The van der Waals surface area contributed by atoms with Crippen molar-refractivity contribution in [3.05, 3.63) is 36.0 Å². The molecule has 1 atom stereocenters. The lowest BCUT2D eigenvalue weighted by Crippen LogP contribution is -2.13. The van der Waals surface area contributed by atoms with Crippen LogP contribution in [0.1, 0.15) is 18.0 Å². The van der Waals surface area contributed by atoms with E-state index in [1.165, 1.54) is 0 Å². The first-order valence-electron chi connectivity index (χ1n) is 4.78. The molecule has 4 heteroatoms. The number of aromatic amines is 1. The van der Waals surface area contributed by atoms with Gasteiger partial charge in [0.25, 0.3) is 0 Å². The van der Waals surface area contributed by atoms with E-state index in [1.807, 2.05) is 24.3 Å². The number of rotatable bonds is 3. The number of halogens is 2. The smallest absolute Gasteiger partial charge is 0.240 e. The van der Waals surface area contributed by atoms with Crippen LogP contribution in [-0.4, -0.2) is 11.4 Å². The Hall–Kier alpha value is -1.42. The van der Waals surface area contributed by atoms with E-state index in [0.29, 0.717) is 0 Å². The number of para-hydroxylation sites is 1. The van der Waals surface area contributed by atoms with Crippen LogP contribution in [0.3, 0.4) is 0 Å². The molecule has 2 nitrogen and oxygen atoms in total. The zero-order chi connectivity index (χ0) is 10.8. The number of alkyl halides is 2. The Morgan fingerprint density at radius 2 is 2.00 bits per heavy atom. The van der Waals surface area contributed by atoms with Crippen molar-refractivity contribution in [3.63, 3.8) is 0 Å². The third kappa shape index (κ3) is 1.99. The van der Waals surface area contributed by atoms with E-state index in [2.05, 4.69) is 4.98 Å². The fraction of sp³-hybridized carbons (Fsp3) is 0.273. The van der Waals surface area contributed by atoms with Crippen LogP contribution in [0.15, 0.2) is 30.5 Å². The van der Waals surface area contributed by atoms with Crippen molar-refractivity contribution >= 4 is 10.9 Å². The summed E-state index contributed by atoms with van der Waals surface area (Å²) in [4.78, 5) is 3.02. The predicted octanol–water partition coefficient (Wildman–Crippen LogP) is 2.82. The SMILES string of the molecule is N[C@H](CC(F)F)c1c[nH]c2ccccc12. The van der Waals surface area contributed by atoms with Gasteiger partial charge in [-0.3, -0.25) is 0 Å². The number of fused-ring (bicyclic) bond motifs is 1. The molecule has 1 heterocycles. The monoisotopic (exact) mass is 210 g/mol. The molecule has 15 heavy (non-hydrogen) atoms. The third-order valence-electron chi connectivity index (χ3n) is 2.45. The maximum absolute atomic E-state index is 12.2. The molecule has 0 unspecified atom stereocenters. The Morgan fingerprint density at radius 3 is 2.73 bits per heavy atom. The molecule has 0 saturated carbocycles. The van der Waals surface area contributed by atoms with Crippen LogP contribution in [-0.2, 0) is 0 Å². The van der Waals surface area contributed by atoms with Crippen LogP contribution in [0.5, 0.6) is 0 Å². The van der Waals surface area contributed by atoms with Gasteiger partial charge in [0.15, 0.2) is 0 Å². The van der Waals surface area contributed by atoms with Gasteiger partial charge < -0.3 is 10.7 Å². The average molecular weight is 210 g/mol. The lowest BCUT2D eigenvalue weighted by molar-refractivity contribution is 0.128. The largest absolute Gasteiger partial charge is 0.361 e. The lowest BCUT2D eigenvalue weighted by atomic mass is 10.0. The summed E-state index contributed by atoms with van der Waals surface area (Å²) in [5, 5.41) is 0.922. The van der Waals surface area contributed by atoms with E-state index in [1.54, 1.807) is 6.20 Å². The molecule has 0 spiro atoms. The first-order chi connectivity index (χ1) is 7.18. The van der Waals surface area contributed by atoms with Gasteiger partial charge in [-0.15, -0.1) is 0 Å². The molecule has 0 aliphatic heterocycles. The molecule has 0 amide bonds. The molecular formula is C11H12F2N2. The minimum Gasteiger partial charge on any atom is -0.361 e. The topological polar surface area (TPSA) is 41.8 Å². The van der Waals surface area contributed by atoms with Gasteiger partial charge in [-0.05, 0) is 11.6 Å². The molecule has 0 aliphatic rings. The van der Waals surface area contributed by atoms with E-state index >= 15 is 0 Å². The zero-order valence-electron chi connectivity index (χ0n) is 8.08. The molecule has 1 aromatic carbocycles. The highest BCUT2D eigenvalue weighted by Gasteiger charge is 2.15. The quantitative estimate of drug-likeness (QED) is 0.803. The van der Waals surface area contributed by atoms with Gasteiger partial charge in [0.05, 0.1) is 0 Å². The molecule has 0 fully saturated rings. The summed E-state index contributed by atoms with van der Waals surface area (Å²) in [6, 6.07) is 6.93. The Labute approximate surface area is 86.1 Å². The molecule has 2 rings (SSSR count). The summed E-state index contributed by atoms with van der Waals surface area (Å²) >= 11 is 0. The number of hydrogen-bond acceptors (Lipinski definition) is 1. The van der Waals surface area contributed by atoms with Gasteiger partial charge in [0.2, 0.25) is 6.43 Å². The molecule has 0 bridgehead atoms. The summed E-state index contributed by atoms with van der Waals surface area (Å²) in [5.74, 6) is 0. The minimum atomic E-state index is -2.37. The van der Waals surface area contributed by atoms with Crippen molar-refractivity contribution in [2.45, 2.75) is 18.9 Å². The second-order valence-electron chi connectivity index (χ2n) is 3.52. The second kappa shape index (κ2) is 3.98. The van der Waals surface area contributed by atoms with Crippen LogP contribution in [0.2, 0.25) is 0 Å². The van der Waals surface area contributed by atoms with E-state index < -0.39 is 12.5 Å². The normalized spacial score (nSPS) is 13.6. The molecule has 3 N–H and O–H groups in total. The average Bonchev–Trinajstić information content (AvgIpc) is 2.59. The molecule has 0 saturated heterocycles. The van der Waals surface area contributed by atoms with Crippen molar-refractivity contribution < 1.29 is 8.78 Å². The van der Waals surface area contributed by atoms with Crippen LogP contribution in [0.25, 0.3) is 10.9 Å². The summed E-state index contributed by atoms with van der Waals surface area (Å²) in [5.41, 5.74) is 7.39. The predicted molar refractivity (Wildman–Crippen MR) is 55.8 cm³/mol. The Bertz CT molecular complexity index is 451. The number of benzene rings is 1. The number of H-pyrrole nitrogens is 1. The molecule has 0 radical (unpaired) electrons. The van der Waals surface area contributed by atoms with Gasteiger partial charge in [-0.1, -0.05) is 18.2 Å². The maximum atomic E-state index is 12.2. The van der Waals surface area contributed by atoms with Gasteiger partial charge in [0.1, 0.15) is 0 Å².